The lowest BCUT2D eigenvalue weighted by atomic mass is 9.95. The molecule has 0 aliphatic carbocycles. The van der Waals surface area contributed by atoms with Crippen molar-refractivity contribution in [2.45, 2.75) is 19.6 Å². The number of carbonyl (C=O) groups excluding carboxylic acids is 2. The molecule has 1 N–H and O–H groups in total. The third-order valence-corrected chi connectivity index (χ3v) is 6.12. The summed E-state index contributed by atoms with van der Waals surface area (Å²) in [6.45, 7) is 2.90. The summed E-state index contributed by atoms with van der Waals surface area (Å²) in [5, 5.41) is 11.2. The number of ketones is 1. The first-order valence-electron chi connectivity index (χ1n) is 11.6. The van der Waals surface area contributed by atoms with Crippen molar-refractivity contribution in [3.05, 3.63) is 101 Å². The van der Waals surface area contributed by atoms with Gasteiger partial charge in [-0.25, -0.2) is 0 Å². The van der Waals surface area contributed by atoms with Crippen molar-refractivity contribution in [3.63, 3.8) is 0 Å². The van der Waals surface area contributed by atoms with E-state index in [0.29, 0.717) is 29.2 Å². The van der Waals surface area contributed by atoms with Crippen molar-refractivity contribution in [2.75, 3.05) is 27.4 Å². The fraction of sp³-hybridized carbons (Fsp3) is 0.241. The van der Waals surface area contributed by atoms with E-state index in [2.05, 4.69) is 6.07 Å². The number of amides is 1. The number of hydrogen-bond donors (Lipinski definition) is 1. The highest BCUT2D eigenvalue weighted by Gasteiger charge is 2.45. The molecule has 4 rings (SSSR count). The number of benzene rings is 3. The quantitative estimate of drug-likeness (QED) is 0.269. The summed E-state index contributed by atoms with van der Waals surface area (Å²) in [4.78, 5) is 27.4. The maximum absolute atomic E-state index is 13.1. The molecule has 1 amide bonds. The van der Waals surface area contributed by atoms with Crippen LogP contribution < -0.4 is 9.47 Å². The molecule has 0 radical (unpaired) electrons. The molecular formula is C29H29NO6. The van der Waals surface area contributed by atoms with Crippen LogP contribution in [-0.4, -0.2) is 49.1 Å². The second-order valence-corrected chi connectivity index (χ2v) is 8.56. The summed E-state index contributed by atoms with van der Waals surface area (Å²) in [5.74, 6) is -0.370. The van der Waals surface area contributed by atoms with E-state index in [-0.39, 0.29) is 24.5 Å². The lowest BCUT2D eigenvalue weighted by molar-refractivity contribution is -0.140. The number of aliphatic hydroxyl groups excluding tert-OH is 1. The van der Waals surface area contributed by atoms with Crippen molar-refractivity contribution in [3.8, 4) is 11.5 Å². The topological polar surface area (TPSA) is 85.3 Å². The first-order valence-corrected chi connectivity index (χ1v) is 11.6. The molecule has 1 fully saturated rings. The minimum absolute atomic E-state index is 0.0368. The molecule has 3 aromatic rings. The van der Waals surface area contributed by atoms with E-state index >= 15 is 0 Å². The number of rotatable bonds is 9. The van der Waals surface area contributed by atoms with Gasteiger partial charge >= 0.3 is 0 Å². The van der Waals surface area contributed by atoms with Crippen molar-refractivity contribution in [1.29, 1.82) is 0 Å². The molecule has 1 saturated heterocycles. The van der Waals surface area contributed by atoms with Crippen molar-refractivity contribution >= 4 is 17.4 Å². The van der Waals surface area contributed by atoms with Crippen LogP contribution in [0.15, 0.2) is 78.4 Å². The normalized spacial score (nSPS) is 16.9. The molecule has 1 aliphatic heterocycles. The van der Waals surface area contributed by atoms with Crippen LogP contribution >= 0.6 is 0 Å². The average molecular weight is 488 g/mol. The van der Waals surface area contributed by atoms with Gasteiger partial charge in [-0.2, -0.15) is 0 Å². The fourth-order valence-electron chi connectivity index (χ4n) is 4.27. The van der Waals surface area contributed by atoms with Crippen molar-refractivity contribution in [2.24, 2.45) is 0 Å². The summed E-state index contributed by atoms with van der Waals surface area (Å²) in [6.07, 6.45) is 0. The van der Waals surface area contributed by atoms with Crippen molar-refractivity contribution in [1.82, 2.24) is 4.90 Å². The van der Waals surface area contributed by atoms with Gasteiger partial charge in [-0.3, -0.25) is 9.59 Å². The van der Waals surface area contributed by atoms with E-state index in [1.165, 1.54) is 12.0 Å². The number of carbonyl (C=O) groups is 2. The van der Waals surface area contributed by atoms with E-state index in [9.17, 15) is 14.7 Å². The third-order valence-electron chi connectivity index (χ3n) is 6.12. The maximum atomic E-state index is 13.1. The minimum Gasteiger partial charge on any atom is -0.507 e. The van der Waals surface area contributed by atoms with Crippen LogP contribution in [-0.2, 0) is 20.9 Å². The molecule has 1 aliphatic rings. The predicted octanol–water partition coefficient (Wildman–Crippen LogP) is 4.65. The average Bonchev–Trinajstić information content (AvgIpc) is 3.15. The van der Waals surface area contributed by atoms with Crippen LogP contribution in [0.1, 0.15) is 28.3 Å². The molecule has 3 aromatic carbocycles. The number of aryl methyl sites for hydroxylation is 1. The van der Waals surface area contributed by atoms with Gasteiger partial charge in [-0.05, 0) is 54.4 Å². The Bertz CT molecular complexity index is 1260. The van der Waals surface area contributed by atoms with Gasteiger partial charge in [0.2, 0.25) is 0 Å². The molecule has 0 aromatic heterocycles. The molecule has 36 heavy (non-hydrogen) atoms. The summed E-state index contributed by atoms with van der Waals surface area (Å²) >= 11 is 0. The highest BCUT2D eigenvalue weighted by atomic mass is 16.5. The van der Waals surface area contributed by atoms with Gasteiger partial charge in [-0.1, -0.05) is 42.0 Å². The number of ether oxygens (including phenoxy) is 3. The Hall–Kier alpha value is -4.10. The molecule has 1 heterocycles. The standard InChI is InChI=1S/C29H29NO6/c1-19-5-4-6-20(17-19)18-36-24-13-9-22(10-14-24)27(31)25-26(21-7-11-23(35-3)12-8-21)30(15-16-34-2)29(33)28(25)32/h4-14,17,26,31H,15-16,18H2,1-3H3/b27-25+/t26-/m0/s1. The second kappa shape index (κ2) is 11.1. The Labute approximate surface area is 210 Å². The minimum atomic E-state index is -0.747. The van der Waals surface area contributed by atoms with Crippen LogP contribution in [0.5, 0.6) is 11.5 Å². The van der Waals surface area contributed by atoms with Crippen molar-refractivity contribution < 1.29 is 28.9 Å². The first kappa shape index (κ1) is 25.0. The smallest absolute Gasteiger partial charge is 0.295 e. The van der Waals surface area contributed by atoms with Crippen LogP contribution in [0.3, 0.4) is 0 Å². The summed E-state index contributed by atoms with van der Waals surface area (Å²) in [7, 11) is 3.09. The molecule has 0 unspecified atom stereocenters. The number of methoxy groups -OCH3 is 2. The van der Waals surface area contributed by atoms with Crippen LogP contribution in [0.25, 0.3) is 5.76 Å². The maximum Gasteiger partial charge on any atom is 0.295 e. The first-order chi connectivity index (χ1) is 17.4. The van der Waals surface area contributed by atoms with Gasteiger partial charge < -0.3 is 24.2 Å². The highest BCUT2D eigenvalue weighted by molar-refractivity contribution is 6.46. The molecule has 0 bridgehead atoms. The summed E-state index contributed by atoms with van der Waals surface area (Å²) in [5.41, 5.74) is 3.35. The van der Waals surface area contributed by atoms with Gasteiger partial charge in [-0.15, -0.1) is 0 Å². The van der Waals surface area contributed by atoms with Gasteiger partial charge in [0.15, 0.2) is 0 Å². The zero-order valence-corrected chi connectivity index (χ0v) is 20.6. The van der Waals surface area contributed by atoms with E-state index < -0.39 is 17.7 Å². The SMILES string of the molecule is COCCN1C(=O)C(=O)/C(=C(/O)c2ccc(OCc3cccc(C)c3)cc2)[C@@H]1c1ccc(OC)cc1. The zero-order chi connectivity index (χ0) is 25.7. The van der Waals surface area contributed by atoms with Crippen LogP contribution in [0.2, 0.25) is 0 Å². The van der Waals surface area contributed by atoms with Crippen LogP contribution in [0.4, 0.5) is 0 Å². The largest absolute Gasteiger partial charge is 0.507 e. The molecule has 7 heteroatoms. The number of hydrogen-bond acceptors (Lipinski definition) is 6. The fourth-order valence-corrected chi connectivity index (χ4v) is 4.27. The monoisotopic (exact) mass is 487 g/mol. The third kappa shape index (κ3) is 5.26. The Balaban J connectivity index is 1.64. The lowest BCUT2D eigenvalue weighted by Crippen LogP contribution is -2.32. The molecule has 1 atom stereocenters. The number of likely N-dealkylation sites (tertiary alicyclic amines) is 1. The number of Topliss-reactive ketones (excluding diaryl/α,β-unsaturated/α-hetero) is 1. The molecule has 0 spiro atoms. The Morgan fingerprint density at radius 3 is 2.28 bits per heavy atom. The molecule has 0 saturated carbocycles. The summed E-state index contributed by atoms with van der Waals surface area (Å²) < 4.78 is 16.2. The van der Waals surface area contributed by atoms with E-state index in [1.807, 2.05) is 25.1 Å². The highest BCUT2D eigenvalue weighted by Crippen LogP contribution is 2.39. The Morgan fingerprint density at radius 1 is 0.944 bits per heavy atom. The van der Waals surface area contributed by atoms with E-state index in [1.54, 1.807) is 55.6 Å². The van der Waals surface area contributed by atoms with Gasteiger partial charge in [0.25, 0.3) is 11.7 Å². The Morgan fingerprint density at radius 2 is 1.64 bits per heavy atom. The van der Waals surface area contributed by atoms with Gasteiger partial charge in [0.05, 0.1) is 25.3 Å². The van der Waals surface area contributed by atoms with Gasteiger partial charge in [0.1, 0.15) is 23.9 Å². The summed E-state index contributed by atoms with van der Waals surface area (Å²) in [6, 6.07) is 21.2. The van der Waals surface area contributed by atoms with Gasteiger partial charge in [0, 0.05) is 19.2 Å². The molecule has 186 valence electrons. The molecular weight excluding hydrogens is 458 g/mol. The number of aliphatic hydroxyl groups is 1. The van der Waals surface area contributed by atoms with E-state index in [0.717, 1.165) is 11.1 Å². The molecule has 7 nitrogen and oxygen atoms in total. The zero-order valence-electron chi connectivity index (χ0n) is 20.6. The predicted molar refractivity (Wildman–Crippen MR) is 136 cm³/mol. The van der Waals surface area contributed by atoms with E-state index in [4.69, 9.17) is 14.2 Å². The van der Waals surface area contributed by atoms with Crippen LogP contribution in [0, 0.1) is 6.92 Å². The Kier molecular flexibility index (Phi) is 7.71. The second-order valence-electron chi connectivity index (χ2n) is 8.56. The number of nitrogens with zero attached hydrogens (tertiary/aromatic N) is 1. The lowest BCUT2D eigenvalue weighted by Gasteiger charge is -2.25.